The number of nitrogens with zero attached hydrogens (tertiary/aromatic N) is 6. The number of carbonyl (C=O) groups excluding carboxylic acids is 1. The Morgan fingerprint density at radius 3 is 2.83 bits per heavy atom. The van der Waals surface area contributed by atoms with Crippen LogP contribution < -0.4 is 5.73 Å². The van der Waals surface area contributed by atoms with E-state index in [1.807, 2.05) is 15.6 Å². The molecule has 1 atom stereocenters. The van der Waals surface area contributed by atoms with E-state index < -0.39 is 0 Å². The number of hydrogen-bond acceptors (Lipinski definition) is 6. The molecule has 0 aliphatic carbocycles. The van der Waals surface area contributed by atoms with Gasteiger partial charge < -0.3 is 10.6 Å². The summed E-state index contributed by atoms with van der Waals surface area (Å²) in [6, 6.07) is 1.92. The summed E-state index contributed by atoms with van der Waals surface area (Å²) in [5.74, 6) is 1.92. The molecule has 126 valence electrons. The normalized spacial score (nSPS) is 21.5. The largest absolute Gasteiger partial charge is 0.368 e. The predicted molar refractivity (Wildman–Crippen MR) is 86.8 cm³/mol. The van der Waals surface area contributed by atoms with Crippen LogP contribution in [0.5, 0.6) is 0 Å². The second kappa shape index (κ2) is 6.18. The van der Waals surface area contributed by atoms with E-state index in [1.54, 1.807) is 12.5 Å². The fourth-order valence-electron chi connectivity index (χ4n) is 3.71. The molecule has 4 rings (SSSR count). The molecule has 1 saturated heterocycles. The lowest BCUT2D eigenvalue weighted by Crippen LogP contribution is -2.43. The summed E-state index contributed by atoms with van der Waals surface area (Å²) in [5.41, 5.74) is 6.65. The molecule has 0 saturated carbocycles. The van der Waals surface area contributed by atoms with E-state index in [0.29, 0.717) is 18.4 Å². The highest BCUT2D eigenvalue weighted by Gasteiger charge is 2.32. The Balaban J connectivity index is 1.37. The van der Waals surface area contributed by atoms with Gasteiger partial charge in [-0.1, -0.05) is 0 Å². The molecule has 0 aromatic carbocycles. The summed E-state index contributed by atoms with van der Waals surface area (Å²) < 4.78 is 1.86. The minimum Gasteiger partial charge on any atom is -0.368 e. The van der Waals surface area contributed by atoms with Gasteiger partial charge in [0.15, 0.2) is 0 Å². The van der Waals surface area contributed by atoms with Crippen LogP contribution in [0.25, 0.3) is 0 Å². The van der Waals surface area contributed by atoms with Gasteiger partial charge in [-0.15, -0.1) is 0 Å². The average Bonchev–Trinajstić information content (AvgIpc) is 3.09. The van der Waals surface area contributed by atoms with E-state index in [9.17, 15) is 4.79 Å². The van der Waals surface area contributed by atoms with E-state index in [2.05, 4.69) is 20.1 Å². The third-order valence-electron chi connectivity index (χ3n) is 5.08. The molecule has 2 aromatic rings. The molecule has 1 unspecified atom stereocenters. The van der Waals surface area contributed by atoms with Crippen molar-refractivity contribution < 1.29 is 4.79 Å². The SMILES string of the molecule is Nc1nccc(C2CCN(C(=O)C3CCc4ncnn4C3)CC2)n1. The van der Waals surface area contributed by atoms with Gasteiger partial charge in [0.25, 0.3) is 0 Å². The number of fused-ring (bicyclic) bond motifs is 1. The molecule has 0 radical (unpaired) electrons. The Hall–Kier alpha value is -2.51. The third-order valence-corrected chi connectivity index (χ3v) is 5.08. The van der Waals surface area contributed by atoms with Crippen LogP contribution in [0.3, 0.4) is 0 Å². The summed E-state index contributed by atoms with van der Waals surface area (Å²) >= 11 is 0. The van der Waals surface area contributed by atoms with E-state index in [-0.39, 0.29) is 11.8 Å². The van der Waals surface area contributed by atoms with Crippen LogP contribution in [0.4, 0.5) is 5.95 Å². The van der Waals surface area contributed by atoms with Crippen molar-refractivity contribution in [3.05, 3.63) is 30.1 Å². The van der Waals surface area contributed by atoms with Crippen LogP contribution in [0, 0.1) is 5.92 Å². The number of aryl methyl sites for hydroxylation is 1. The van der Waals surface area contributed by atoms with Gasteiger partial charge in [0.2, 0.25) is 11.9 Å². The zero-order valence-corrected chi connectivity index (χ0v) is 13.5. The Morgan fingerprint density at radius 1 is 1.21 bits per heavy atom. The highest BCUT2D eigenvalue weighted by Crippen LogP contribution is 2.28. The lowest BCUT2D eigenvalue weighted by Gasteiger charge is -2.35. The van der Waals surface area contributed by atoms with Gasteiger partial charge in [-0.25, -0.2) is 19.6 Å². The van der Waals surface area contributed by atoms with Crippen LogP contribution in [0.1, 0.15) is 36.7 Å². The molecular formula is C16H21N7O. The third kappa shape index (κ3) is 2.83. The number of hydrogen-bond donors (Lipinski definition) is 1. The smallest absolute Gasteiger partial charge is 0.227 e. The van der Waals surface area contributed by atoms with Gasteiger partial charge in [-0.2, -0.15) is 5.10 Å². The molecule has 1 amide bonds. The molecule has 8 heteroatoms. The molecule has 8 nitrogen and oxygen atoms in total. The second-order valence-corrected chi connectivity index (χ2v) is 6.53. The second-order valence-electron chi connectivity index (χ2n) is 6.53. The molecule has 0 bridgehead atoms. The average molecular weight is 327 g/mol. The fourth-order valence-corrected chi connectivity index (χ4v) is 3.71. The predicted octanol–water partition coefficient (Wildman–Crippen LogP) is 0.619. The number of anilines is 1. The van der Waals surface area contributed by atoms with Crippen LogP contribution in [-0.2, 0) is 17.8 Å². The zero-order valence-electron chi connectivity index (χ0n) is 13.5. The molecule has 2 aliphatic heterocycles. The van der Waals surface area contributed by atoms with Crippen LogP contribution in [-0.4, -0.2) is 48.6 Å². The molecule has 2 aromatic heterocycles. The Bertz CT molecular complexity index is 736. The Kier molecular flexibility index (Phi) is 3.87. The Morgan fingerprint density at radius 2 is 2.04 bits per heavy atom. The number of amides is 1. The number of nitrogen functional groups attached to an aromatic ring is 1. The van der Waals surface area contributed by atoms with Crippen molar-refractivity contribution in [1.29, 1.82) is 0 Å². The lowest BCUT2D eigenvalue weighted by molar-refractivity contribution is -0.137. The first-order valence-corrected chi connectivity index (χ1v) is 8.44. The zero-order chi connectivity index (χ0) is 16.5. The quantitative estimate of drug-likeness (QED) is 0.867. The van der Waals surface area contributed by atoms with Gasteiger partial charge in [0.1, 0.15) is 12.2 Å². The Labute approximate surface area is 140 Å². The minimum absolute atomic E-state index is 0.0189. The summed E-state index contributed by atoms with van der Waals surface area (Å²) in [7, 11) is 0. The lowest BCUT2D eigenvalue weighted by atomic mass is 9.91. The molecular weight excluding hydrogens is 306 g/mol. The number of carbonyl (C=O) groups is 1. The van der Waals surface area contributed by atoms with Crippen molar-refractivity contribution in [3.8, 4) is 0 Å². The maximum absolute atomic E-state index is 12.8. The topological polar surface area (TPSA) is 103 Å². The summed E-state index contributed by atoms with van der Waals surface area (Å²) in [6.45, 7) is 2.19. The number of nitrogens with two attached hydrogens (primary N) is 1. The maximum atomic E-state index is 12.8. The molecule has 4 heterocycles. The van der Waals surface area contributed by atoms with Crippen molar-refractivity contribution in [3.63, 3.8) is 0 Å². The number of rotatable bonds is 2. The minimum atomic E-state index is 0.0189. The van der Waals surface area contributed by atoms with Gasteiger partial charge in [0, 0.05) is 37.3 Å². The maximum Gasteiger partial charge on any atom is 0.227 e. The standard InChI is InChI=1S/C16H21N7O/c17-16-18-6-3-13(21-16)11-4-7-22(8-5-11)15(24)12-1-2-14-19-10-20-23(14)9-12/h3,6,10-12H,1-2,4-5,7-9H2,(H2,17,18,21). The van der Waals surface area contributed by atoms with Crippen molar-refractivity contribution in [2.45, 2.75) is 38.1 Å². The number of aromatic nitrogens is 5. The molecule has 1 fully saturated rings. The summed E-state index contributed by atoms with van der Waals surface area (Å²) in [6.07, 6.45) is 6.80. The summed E-state index contributed by atoms with van der Waals surface area (Å²) in [5, 5.41) is 4.20. The van der Waals surface area contributed by atoms with E-state index in [4.69, 9.17) is 5.73 Å². The van der Waals surface area contributed by atoms with Crippen LogP contribution >= 0.6 is 0 Å². The molecule has 2 N–H and O–H groups in total. The first kappa shape index (κ1) is 15.0. The van der Waals surface area contributed by atoms with E-state index in [0.717, 1.165) is 50.3 Å². The monoisotopic (exact) mass is 327 g/mol. The van der Waals surface area contributed by atoms with Crippen molar-refractivity contribution in [2.24, 2.45) is 5.92 Å². The van der Waals surface area contributed by atoms with Gasteiger partial charge in [-0.3, -0.25) is 4.79 Å². The van der Waals surface area contributed by atoms with Crippen LogP contribution in [0.2, 0.25) is 0 Å². The van der Waals surface area contributed by atoms with Gasteiger partial charge in [0.05, 0.1) is 12.5 Å². The highest BCUT2D eigenvalue weighted by atomic mass is 16.2. The number of piperidine rings is 1. The number of likely N-dealkylation sites (tertiary alicyclic amines) is 1. The fraction of sp³-hybridized carbons (Fsp3) is 0.562. The van der Waals surface area contributed by atoms with E-state index in [1.165, 1.54) is 0 Å². The van der Waals surface area contributed by atoms with Crippen molar-refractivity contribution in [2.75, 3.05) is 18.8 Å². The molecule has 24 heavy (non-hydrogen) atoms. The molecule has 2 aliphatic rings. The first-order chi connectivity index (χ1) is 11.7. The van der Waals surface area contributed by atoms with Crippen molar-refractivity contribution in [1.82, 2.24) is 29.6 Å². The van der Waals surface area contributed by atoms with Crippen LogP contribution in [0.15, 0.2) is 18.6 Å². The summed E-state index contributed by atoms with van der Waals surface area (Å²) in [4.78, 5) is 27.3. The van der Waals surface area contributed by atoms with Gasteiger partial charge >= 0.3 is 0 Å². The van der Waals surface area contributed by atoms with Crippen molar-refractivity contribution >= 4 is 11.9 Å². The highest BCUT2D eigenvalue weighted by molar-refractivity contribution is 5.79. The first-order valence-electron chi connectivity index (χ1n) is 8.44. The van der Waals surface area contributed by atoms with Gasteiger partial charge in [-0.05, 0) is 25.3 Å². The molecule has 0 spiro atoms. The van der Waals surface area contributed by atoms with E-state index >= 15 is 0 Å².